The lowest BCUT2D eigenvalue weighted by atomic mass is 9.85. The van der Waals surface area contributed by atoms with Crippen LogP contribution in [-0.4, -0.2) is 0 Å². The lowest BCUT2D eigenvalue weighted by Crippen LogP contribution is -1.90. The molecule has 1 nitrogen and oxygen atoms in total. The second kappa shape index (κ2) is 11.1. The molecular weight excluding hydrogens is 593 g/mol. The Labute approximate surface area is 299 Å². The van der Waals surface area contributed by atoms with E-state index in [4.69, 9.17) is 16.8 Å². The minimum Gasteiger partial charge on any atom is -0.456 e. The van der Waals surface area contributed by atoms with Crippen molar-refractivity contribution in [2.75, 3.05) is 0 Å². The highest BCUT2D eigenvalue weighted by Crippen LogP contribution is 2.44. The molecule has 9 aromatic carbocycles. The minimum atomic E-state index is -0.657. The molecule has 0 unspecified atom stereocenters. The van der Waals surface area contributed by atoms with Crippen LogP contribution in [0.2, 0.25) is 0 Å². The predicted molar refractivity (Wildman–Crippen MR) is 208 cm³/mol. The summed E-state index contributed by atoms with van der Waals surface area (Å²) in [5.74, 6) is 0. The first-order chi connectivity index (χ1) is 28.9. The molecule has 0 fully saturated rings. The van der Waals surface area contributed by atoms with Crippen molar-refractivity contribution in [2.45, 2.75) is 0 Å². The lowest BCUT2D eigenvalue weighted by molar-refractivity contribution is 0.669. The average Bonchev–Trinajstić information content (AvgIpc) is 3.68. The van der Waals surface area contributed by atoms with Crippen molar-refractivity contribution in [1.29, 1.82) is 0 Å². The van der Waals surface area contributed by atoms with Crippen LogP contribution < -0.4 is 0 Å². The van der Waals surface area contributed by atoms with Gasteiger partial charge in [0.05, 0.1) is 15.1 Å². The van der Waals surface area contributed by atoms with Crippen LogP contribution in [0.25, 0.3) is 98.8 Å². The van der Waals surface area contributed by atoms with E-state index in [0.29, 0.717) is 5.56 Å². The van der Waals surface area contributed by atoms with Crippen molar-refractivity contribution in [3.05, 3.63) is 182 Å². The maximum Gasteiger partial charge on any atom is 0.135 e. The summed E-state index contributed by atoms with van der Waals surface area (Å²) < 4.78 is 102. The maximum absolute atomic E-state index is 9.46. The Morgan fingerprint density at radius 1 is 0.347 bits per heavy atom. The van der Waals surface area contributed by atoms with Gasteiger partial charge in [0.25, 0.3) is 0 Å². The lowest BCUT2D eigenvalue weighted by Gasteiger charge is -2.18. The predicted octanol–water partition coefficient (Wildman–Crippen LogP) is 13.7. The van der Waals surface area contributed by atoms with Gasteiger partial charge in [0.15, 0.2) is 0 Å². The second-order valence-corrected chi connectivity index (χ2v) is 12.0. The number of benzene rings is 9. The Balaban J connectivity index is 1.17. The molecule has 0 aliphatic heterocycles. The van der Waals surface area contributed by atoms with Gasteiger partial charge in [0, 0.05) is 10.8 Å². The summed E-state index contributed by atoms with van der Waals surface area (Å²) in [7, 11) is 0. The van der Waals surface area contributed by atoms with E-state index in [2.05, 4.69) is 84.9 Å². The fraction of sp³-hybridized carbons (Fsp3) is 0. The number of hydrogen-bond acceptors (Lipinski definition) is 1. The maximum atomic E-state index is 9.46. The summed E-state index contributed by atoms with van der Waals surface area (Å²) in [5, 5.41) is 6.09. The molecule has 0 aliphatic rings. The Kier molecular flexibility index (Phi) is 4.25. The first kappa shape index (κ1) is 18.8. The molecule has 0 N–H and O–H groups in total. The highest BCUT2D eigenvalue weighted by molar-refractivity contribution is 6.21. The quantitative estimate of drug-likeness (QED) is 0.176. The molecule has 0 saturated carbocycles. The van der Waals surface area contributed by atoms with Crippen LogP contribution in [0.1, 0.15) is 15.1 Å². The van der Waals surface area contributed by atoms with Crippen LogP contribution in [-0.2, 0) is 0 Å². The van der Waals surface area contributed by atoms with Crippen LogP contribution in [0.3, 0.4) is 0 Å². The first-order valence-electron chi connectivity index (χ1n) is 21.4. The zero-order valence-corrected chi connectivity index (χ0v) is 25.9. The van der Waals surface area contributed by atoms with Crippen molar-refractivity contribution in [2.24, 2.45) is 0 Å². The van der Waals surface area contributed by atoms with Crippen molar-refractivity contribution < 1.29 is 19.5 Å². The summed E-state index contributed by atoms with van der Waals surface area (Å²) in [6.07, 6.45) is 0. The summed E-state index contributed by atoms with van der Waals surface area (Å²) in [6.45, 7) is 0. The molecule has 49 heavy (non-hydrogen) atoms. The van der Waals surface area contributed by atoms with E-state index in [1.165, 1.54) is 5.56 Å². The molecule has 0 aliphatic carbocycles. The molecule has 10 rings (SSSR count). The molecule has 0 spiro atoms. The molecule has 1 heteroatoms. The van der Waals surface area contributed by atoms with Crippen molar-refractivity contribution >= 4 is 54.3 Å². The highest BCUT2D eigenvalue weighted by Gasteiger charge is 2.17. The molecule has 228 valence electrons. The Morgan fingerprint density at radius 3 is 1.43 bits per heavy atom. The van der Waals surface area contributed by atoms with Crippen LogP contribution in [0.15, 0.2) is 186 Å². The average molecular weight is 634 g/mol. The first-order valence-corrected chi connectivity index (χ1v) is 15.9. The number of hydrogen-bond donors (Lipinski definition) is 0. The molecule has 0 bridgehead atoms. The molecular formula is C48H30O. The molecule has 0 amide bonds. The third-order valence-corrected chi connectivity index (χ3v) is 9.17. The second-order valence-electron chi connectivity index (χ2n) is 12.0. The van der Waals surface area contributed by atoms with Crippen LogP contribution in [0, 0.1) is 0 Å². The molecule has 1 aromatic heterocycles. The zero-order chi connectivity index (χ0) is 41.9. The van der Waals surface area contributed by atoms with E-state index in [9.17, 15) is 2.74 Å². The summed E-state index contributed by atoms with van der Waals surface area (Å²) in [4.78, 5) is 0. The normalized spacial score (nSPS) is 14.8. The molecule has 10 aromatic rings. The third kappa shape index (κ3) is 4.55. The monoisotopic (exact) mass is 633 g/mol. The molecule has 1 heterocycles. The fourth-order valence-corrected chi connectivity index (χ4v) is 6.95. The molecule has 0 radical (unpaired) electrons. The zero-order valence-electron chi connectivity index (χ0n) is 36.9. The number of furan rings is 1. The fourth-order valence-electron chi connectivity index (χ4n) is 6.95. The van der Waals surface area contributed by atoms with E-state index >= 15 is 0 Å². The van der Waals surface area contributed by atoms with E-state index < -0.39 is 53.9 Å². The van der Waals surface area contributed by atoms with Gasteiger partial charge in [-0.2, -0.15) is 0 Å². The Bertz CT molecular complexity index is 3420. The number of rotatable bonds is 4. The number of fused-ring (bicyclic) bond motifs is 6. The standard InChI is InChI=1S/C48H30O/c1-3-11-31(12-4-1)36-23-25-45-43(29-36)44-30-37(24-26-46(44)49-45)34-19-20-35-28-38(22-21-33(35)27-34)48-41-17-9-7-15-39(41)47(32-13-5-2-6-14-32)40-16-8-10-18-42(40)48/h1-30H/i1D,3D,4D,11D,12D,23D,24D,25D,26D,29D,30D. The van der Waals surface area contributed by atoms with Crippen LogP contribution >= 0.6 is 0 Å². The van der Waals surface area contributed by atoms with Crippen molar-refractivity contribution in [3.8, 4) is 44.5 Å². The van der Waals surface area contributed by atoms with Gasteiger partial charge in [-0.25, -0.2) is 0 Å². The van der Waals surface area contributed by atoms with E-state index in [1.54, 1.807) is 6.07 Å². The van der Waals surface area contributed by atoms with Gasteiger partial charge in [-0.05, 0) is 113 Å². The van der Waals surface area contributed by atoms with Crippen molar-refractivity contribution in [1.82, 2.24) is 0 Å². The Morgan fingerprint density at radius 2 is 0.837 bits per heavy atom. The van der Waals surface area contributed by atoms with Gasteiger partial charge in [0.1, 0.15) is 11.2 Å². The molecule has 0 saturated heterocycles. The van der Waals surface area contributed by atoms with E-state index in [0.717, 1.165) is 49.0 Å². The Hall–Kier alpha value is -6.44. The largest absolute Gasteiger partial charge is 0.456 e. The third-order valence-electron chi connectivity index (χ3n) is 9.17. The SMILES string of the molecule is [2H]c1c([2H])c([2H])c(-c2c([2H])c([2H])c3oc4c([2H])c([2H])c(-c5ccc6cc(-c7c8ccccc8c(-c8ccccc8)c8ccccc78)ccc6c5)c([2H])c4c3c2[2H])c([2H])c1[2H]. The molecule has 0 atom stereocenters. The highest BCUT2D eigenvalue weighted by atomic mass is 16.3. The topological polar surface area (TPSA) is 13.1 Å². The van der Waals surface area contributed by atoms with E-state index in [1.807, 2.05) is 24.3 Å². The smallest absolute Gasteiger partial charge is 0.135 e. The van der Waals surface area contributed by atoms with Gasteiger partial charge in [0.2, 0.25) is 0 Å². The van der Waals surface area contributed by atoms with Gasteiger partial charge >= 0.3 is 0 Å². The van der Waals surface area contributed by atoms with Gasteiger partial charge in [-0.1, -0.05) is 145 Å². The van der Waals surface area contributed by atoms with Gasteiger partial charge in [-0.3, -0.25) is 0 Å². The van der Waals surface area contributed by atoms with Crippen LogP contribution in [0.4, 0.5) is 0 Å². The van der Waals surface area contributed by atoms with Crippen LogP contribution in [0.5, 0.6) is 0 Å². The van der Waals surface area contributed by atoms with Crippen molar-refractivity contribution in [3.63, 3.8) is 0 Å². The van der Waals surface area contributed by atoms with Gasteiger partial charge in [-0.15, -0.1) is 0 Å². The van der Waals surface area contributed by atoms with E-state index in [-0.39, 0.29) is 51.2 Å². The summed E-state index contributed by atoms with van der Waals surface area (Å²) in [6, 6.07) is 33.2. The van der Waals surface area contributed by atoms with Gasteiger partial charge < -0.3 is 4.42 Å². The summed E-state index contributed by atoms with van der Waals surface area (Å²) in [5.41, 5.74) is 3.71. The minimum absolute atomic E-state index is 0.0405. The summed E-state index contributed by atoms with van der Waals surface area (Å²) >= 11 is 0.